The molecule has 1 heterocycles. The maximum atomic E-state index is 13.2. The predicted molar refractivity (Wildman–Crippen MR) is 76.7 cm³/mol. The van der Waals surface area contributed by atoms with Crippen molar-refractivity contribution in [2.75, 3.05) is 6.54 Å². The Morgan fingerprint density at radius 1 is 1.15 bits per heavy atom. The Morgan fingerprint density at radius 3 is 2.55 bits per heavy atom. The third kappa shape index (κ3) is 4.05. The van der Waals surface area contributed by atoms with E-state index in [1.54, 1.807) is 0 Å². The molecule has 1 N–H and O–H groups in total. The SMILES string of the molecule is CC(C)(C)NCCc1nnc(-c2ccc(F)c(F)c2)s1. The highest BCUT2D eigenvalue weighted by atomic mass is 32.1. The monoisotopic (exact) mass is 297 g/mol. The molecule has 0 fully saturated rings. The zero-order valence-corrected chi connectivity index (χ0v) is 12.5. The molecule has 0 aliphatic carbocycles. The van der Waals surface area contributed by atoms with E-state index in [1.165, 1.54) is 17.4 Å². The average molecular weight is 297 g/mol. The fourth-order valence-corrected chi connectivity index (χ4v) is 2.48. The Morgan fingerprint density at radius 2 is 1.90 bits per heavy atom. The topological polar surface area (TPSA) is 37.8 Å². The normalized spacial score (nSPS) is 11.8. The molecule has 0 unspecified atom stereocenters. The number of rotatable bonds is 4. The lowest BCUT2D eigenvalue weighted by atomic mass is 10.1. The lowest BCUT2D eigenvalue weighted by Crippen LogP contribution is -2.37. The van der Waals surface area contributed by atoms with Crippen LogP contribution in [-0.4, -0.2) is 22.3 Å². The number of aromatic nitrogens is 2. The summed E-state index contributed by atoms with van der Waals surface area (Å²) in [6.45, 7) is 7.09. The molecule has 0 aliphatic heterocycles. The third-order valence-corrected chi connectivity index (χ3v) is 3.66. The van der Waals surface area contributed by atoms with Gasteiger partial charge in [-0.1, -0.05) is 11.3 Å². The van der Waals surface area contributed by atoms with Crippen molar-refractivity contribution in [1.82, 2.24) is 15.5 Å². The van der Waals surface area contributed by atoms with Crippen LogP contribution in [0.2, 0.25) is 0 Å². The van der Waals surface area contributed by atoms with Gasteiger partial charge >= 0.3 is 0 Å². The highest BCUT2D eigenvalue weighted by Crippen LogP contribution is 2.25. The minimum absolute atomic E-state index is 0.0631. The van der Waals surface area contributed by atoms with Gasteiger partial charge in [-0.15, -0.1) is 10.2 Å². The zero-order valence-electron chi connectivity index (χ0n) is 11.7. The summed E-state index contributed by atoms with van der Waals surface area (Å²) in [5, 5.41) is 12.9. The average Bonchev–Trinajstić information content (AvgIpc) is 2.80. The minimum Gasteiger partial charge on any atom is -0.312 e. The van der Waals surface area contributed by atoms with Gasteiger partial charge < -0.3 is 5.32 Å². The van der Waals surface area contributed by atoms with Gasteiger partial charge in [0.05, 0.1) is 0 Å². The van der Waals surface area contributed by atoms with Gasteiger partial charge in [-0.25, -0.2) is 8.78 Å². The second-order valence-electron chi connectivity index (χ2n) is 5.56. The minimum atomic E-state index is -0.867. The summed E-state index contributed by atoms with van der Waals surface area (Å²) in [5.41, 5.74) is 0.615. The molecule has 0 saturated heterocycles. The summed E-state index contributed by atoms with van der Waals surface area (Å²) in [6, 6.07) is 3.76. The van der Waals surface area contributed by atoms with E-state index >= 15 is 0 Å². The molecular weight excluding hydrogens is 280 g/mol. The second-order valence-corrected chi connectivity index (χ2v) is 6.62. The lowest BCUT2D eigenvalue weighted by Gasteiger charge is -2.19. The van der Waals surface area contributed by atoms with Crippen molar-refractivity contribution >= 4 is 11.3 Å². The zero-order chi connectivity index (χ0) is 14.8. The number of hydrogen-bond donors (Lipinski definition) is 1. The summed E-state index contributed by atoms with van der Waals surface area (Å²) >= 11 is 1.40. The molecule has 6 heteroatoms. The maximum Gasteiger partial charge on any atom is 0.159 e. The molecule has 1 aromatic heterocycles. The number of hydrogen-bond acceptors (Lipinski definition) is 4. The van der Waals surface area contributed by atoms with E-state index in [0.717, 1.165) is 30.1 Å². The van der Waals surface area contributed by atoms with E-state index in [4.69, 9.17) is 0 Å². The summed E-state index contributed by atoms with van der Waals surface area (Å²) in [4.78, 5) is 0. The van der Waals surface area contributed by atoms with E-state index in [1.807, 2.05) is 0 Å². The van der Waals surface area contributed by atoms with Gasteiger partial charge in [0.25, 0.3) is 0 Å². The van der Waals surface area contributed by atoms with Crippen LogP contribution in [0.3, 0.4) is 0 Å². The highest BCUT2D eigenvalue weighted by Gasteiger charge is 2.11. The van der Waals surface area contributed by atoms with Crippen molar-refractivity contribution < 1.29 is 8.78 Å². The summed E-state index contributed by atoms with van der Waals surface area (Å²) in [6.07, 6.45) is 0.763. The standard InChI is InChI=1S/C14H17F2N3S/c1-14(2,3)17-7-6-12-18-19-13(20-12)9-4-5-10(15)11(16)8-9/h4-5,8,17H,6-7H2,1-3H3. The molecule has 0 spiro atoms. The van der Waals surface area contributed by atoms with Gasteiger partial charge in [0.15, 0.2) is 11.6 Å². The maximum absolute atomic E-state index is 13.2. The van der Waals surface area contributed by atoms with Crippen molar-refractivity contribution in [3.63, 3.8) is 0 Å². The van der Waals surface area contributed by atoms with Crippen LogP contribution in [0.25, 0.3) is 10.6 Å². The van der Waals surface area contributed by atoms with Gasteiger partial charge in [0, 0.05) is 24.1 Å². The molecule has 2 aromatic rings. The molecule has 3 nitrogen and oxygen atoms in total. The van der Waals surface area contributed by atoms with Crippen molar-refractivity contribution in [2.24, 2.45) is 0 Å². The van der Waals surface area contributed by atoms with Crippen LogP contribution in [-0.2, 0) is 6.42 Å². The summed E-state index contributed by atoms with van der Waals surface area (Å²) < 4.78 is 26.1. The van der Waals surface area contributed by atoms with Crippen molar-refractivity contribution in [3.05, 3.63) is 34.8 Å². The molecular formula is C14H17F2N3S. The highest BCUT2D eigenvalue weighted by molar-refractivity contribution is 7.14. The van der Waals surface area contributed by atoms with E-state index in [9.17, 15) is 8.78 Å². The van der Waals surface area contributed by atoms with Crippen LogP contribution in [0.4, 0.5) is 8.78 Å². The first-order valence-corrected chi connectivity index (χ1v) is 7.20. The van der Waals surface area contributed by atoms with Crippen LogP contribution in [0.1, 0.15) is 25.8 Å². The number of nitrogens with one attached hydrogen (secondary N) is 1. The molecule has 0 saturated carbocycles. The van der Waals surface area contributed by atoms with Crippen LogP contribution in [0.5, 0.6) is 0 Å². The Balaban J connectivity index is 2.03. The molecule has 0 bridgehead atoms. The molecule has 0 aliphatic rings. The lowest BCUT2D eigenvalue weighted by molar-refractivity contribution is 0.429. The van der Waals surface area contributed by atoms with Crippen LogP contribution in [0.15, 0.2) is 18.2 Å². The van der Waals surface area contributed by atoms with Gasteiger partial charge in [-0.3, -0.25) is 0 Å². The molecule has 0 amide bonds. The first kappa shape index (κ1) is 15.0. The van der Waals surface area contributed by atoms with Crippen LogP contribution in [0, 0.1) is 11.6 Å². The van der Waals surface area contributed by atoms with Crippen molar-refractivity contribution in [3.8, 4) is 10.6 Å². The molecule has 0 atom stereocenters. The number of nitrogens with zero attached hydrogens (tertiary/aromatic N) is 2. The van der Waals surface area contributed by atoms with E-state index in [2.05, 4.69) is 36.3 Å². The fraction of sp³-hybridized carbons (Fsp3) is 0.429. The molecule has 20 heavy (non-hydrogen) atoms. The Kier molecular flexibility index (Phi) is 4.45. The molecule has 1 aromatic carbocycles. The third-order valence-electron chi connectivity index (χ3n) is 2.63. The van der Waals surface area contributed by atoms with Crippen molar-refractivity contribution in [2.45, 2.75) is 32.7 Å². The fourth-order valence-electron chi connectivity index (χ4n) is 1.64. The van der Waals surface area contributed by atoms with Gasteiger partial charge in [-0.05, 0) is 39.0 Å². The Labute approximate surface area is 121 Å². The van der Waals surface area contributed by atoms with E-state index in [0.29, 0.717) is 10.6 Å². The van der Waals surface area contributed by atoms with E-state index in [-0.39, 0.29) is 5.54 Å². The number of halogens is 2. The van der Waals surface area contributed by atoms with Gasteiger partial charge in [-0.2, -0.15) is 0 Å². The van der Waals surface area contributed by atoms with Crippen LogP contribution >= 0.6 is 11.3 Å². The van der Waals surface area contributed by atoms with Gasteiger partial charge in [0.2, 0.25) is 0 Å². The second kappa shape index (κ2) is 5.93. The summed E-state index contributed by atoms with van der Waals surface area (Å²) in [5.74, 6) is -1.72. The number of benzene rings is 1. The Hall–Kier alpha value is -1.40. The quantitative estimate of drug-likeness (QED) is 0.939. The van der Waals surface area contributed by atoms with E-state index < -0.39 is 11.6 Å². The van der Waals surface area contributed by atoms with Crippen LogP contribution < -0.4 is 5.32 Å². The smallest absolute Gasteiger partial charge is 0.159 e. The Bertz CT molecular complexity index is 590. The molecule has 0 radical (unpaired) electrons. The predicted octanol–water partition coefficient (Wildman–Crippen LogP) is 3.41. The molecule has 108 valence electrons. The van der Waals surface area contributed by atoms with Gasteiger partial charge in [0.1, 0.15) is 10.0 Å². The van der Waals surface area contributed by atoms with Crippen molar-refractivity contribution in [1.29, 1.82) is 0 Å². The molecule has 2 rings (SSSR count). The first-order valence-electron chi connectivity index (χ1n) is 6.38. The first-order chi connectivity index (χ1) is 9.35. The largest absolute Gasteiger partial charge is 0.312 e. The summed E-state index contributed by atoms with van der Waals surface area (Å²) in [7, 11) is 0.